The molecule has 0 amide bonds. The quantitative estimate of drug-likeness (QED) is 0.897. The molecule has 3 rings (SSSR count). The Morgan fingerprint density at radius 1 is 1.22 bits per heavy atom. The highest BCUT2D eigenvalue weighted by Crippen LogP contribution is 2.14. The number of likely N-dealkylation sites (tertiary alicyclic amines) is 1. The number of nitrogens with one attached hydrogen (secondary N) is 1. The van der Waals surface area contributed by atoms with Crippen molar-refractivity contribution in [3.63, 3.8) is 0 Å². The maximum Gasteiger partial charge on any atom is 0.326 e. The van der Waals surface area contributed by atoms with E-state index in [0.29, 0.717) is 17.6 Å². The van der Waals surface area contributed by atoms with E-state index in [0.717, 1.165) is 19.6 Å². The molecule has 0 radical (unpaired) electrons. The first-order valence-corrected chi connectivity index (χ1v) is 6.35. The van der Waals surface area contributed by atoms with Crippen molar-refractivity contribution in [3.05, 3.63) is 34.5 Å². The summed E-state index contributed by atoms with van der Waals surface area (Å²) in [7, 11) is 0. The third-order valence-corrected chi connectivity index (χ3v) is 3.60. The lowest BCUT2D eigenvalue weighted by Crippen LogP contribution is -2.28. The Kier molecular flexibility index (Phi) is 2.91. The number of aromatic nitrogens is 2. The molecule has 0 spiro atoms. The van der Waals surface area contributed by atoms with Gasteiger partial charge < -0.3 is 9.88 Å². The summed E-state index contributed by atoms with van der Waals surface area (Å²) < 4.78 is 15.1. The van der Waals surface area contributed by atoms with Crippen LogP contribution in [0.25, 0.3) is 11.0 Å². The molecule has 1 aliphatic heterocycles. The highest BCUT2D eigenvalue weighted by atomic mass is 19.1. The average molecular weight is 249 g/mol. The molecule has 1 fully saturated rings. The SMILES string of the molecule is O=c1[nH]c2c(F)cccc2n1CCN1CCCC1. The Morgan fingerprint density at radius 2 is 2.00 bits per heavy atom. The number of benzene rings is 1. The Bertz CT molecular complexity index is 610. The van der Waals surface area contributed by atoms with Gasteiger partial charge in [-0.15, -0.1) is 0 Å². The molecule has 18 heavy (non-hydrogen) atoms. The van der Waals surface area contributed by atoms with Gasteiger partial charge >= 0.3 is 5.69 Å². The van der Waals surface area contributed by atoms with Crippen molar-refractivity contribution in [2.75, 3.05) is 19.6 Å². The predicted octanol–water partition coefficient (Wildman–Crippen LogP) is 1.56. The van der Waals surface area contributed by atoms with Crippen LogP contribution in [0.3, 0.4) is 0 Å². The van der Waals surface area contributed by atoms with Gasteiger partial charge in [-0.05, 0) is 38.1 Å². The van der Waals surface area contributed by atoms with Crippen molar-refractivity contribution in [2.45, 2.75) is 19.4 Å². The topological polar surface area (TPSA) is 41.0 Å². The molecule has 1 aromatic heterocycles. The Labute approximate surface area is 104 Å². The number of aromatic amines is 1. The van der Waals surface area contributed by atoms with Crippen LogP contribution in [0.4, 0.5) is 4.39 Å². The normalized spacial score (nSPS) is 16.7. The van der Waals surface area contributed by atoms with Gasteiger partial charge in [0, 0.05) is 13.1 Å². The average Bonchev–Trinajstić information content (AvgIpc) is 2.95. The number of nitrogens with zero attached hydrogens (tertiary/aromatic N) is 2. The molecule has 0 atom stereocenters. The molecule has 4 nitrogen and oxygen atoms in total. The molecule has 0 saturated carbocycles. The van der Waals surface area contributed by atoms with Gasteiger partial charge in [0.2, 0.25) is 0 Å². The minimum absolute atomic E-state index is 0.228. The van der Waals surface area contributed by atoms with Gasteiger partial charge in [0.15, 0.2) is 0 Å². The molecule has 1 N–H and O–H groups in total. The van der Waals surface area contributed by atoms with E-state index >= 15 is 0 Å². The molecular formula is C13H16FN3O. The summed E-state index contributed by atoms with van der Waals surface area (Å²) >= 11 is 0. The van der Waals surface area contributed by atoms with Gasteiger partial charge in [0.1, 0.15) is 11.3 Å². The van der Waals surface area contributed by atoms with Crippen molar-refractivity contribution in [1.82, 2.24) is 14.5 Å². The molecule has 1 aliphatic rings. The first-order valence-electron chi connectivity index (χ1n) is 6.35. The number of fused-ring (bicyclic) bond motifs is 1. The summed E-state index contributed by atoms with van der Waals surface area (Å²) in [4.78, 5) is 16.7. The largest absolute Gasteiger partial charge is 0.326 e. The van der Waals surface area contributed by atoms with Gasteiger partial charge in [0.25, 0.3) is 0 Å². The molecule has 0 aliphatic carbocycles. The molecule has 1 saturated heterocycles. The first-order chi connectivity index (χ1) is 8.75. The molecule has 1 aromatic carbocycles. The van der Waals surface area contributed by atoms with Crippen molar-refractivity contribution in [1.29, 1.82) is 0 Å². The second-order valence-corrected chi connectivity index (χ2v) is 4.76. The first kappa shape index (κ1) is 11.5. The third kappa shape index (κ3) is 1.95. The summed E-state index contributed by atoms with van der Waals surface area (Å²) in [5.74, 6) is -0.371. The fourth-order valence-corrected chi connectivity index (χ4v) is 2.61. The number of hydrogen-bond acceptors (Lipinski definition) is 2. The third-order valence-electron chi connectivity index (χ3n) is 3.60. The van der Waals surface area contributed by atoms with E-state index in [1.165, 1.54) is 18.9 Å². The van der Waals surface area contributed by atoms with Gasteiger partial charge in [-0.2, -0.15) is 0 Å². The predicted molar refractivity (Wildman–Crippen MR) is 68.2 cm³/mol. The van der Waals surface area contributed by atoms with Crippen LogP contribution in [0.1, 0.15) is 12.8 Å². The van der Waals surface area contributed by atoms with Gasteiger partial charge in [-0.3, -0.25) is 4.57 Å². The fraction of sp³-hybridized carbons (Fsp3) is 0.462. The van der Waals surface area contributed by atoms with Crippen LogP contribution in [0.2, 0.25) is 0 Å². The van der Waals surface area contributed by atoms with Crippen LogP contribution in [-0.4, -0.2) is 34.1 Å². The number of halogens is 1. The Balaban J connectivity index is 1.89. The summed E-state index contributed by atoms with van der Waals surface area (Å²) in [6.07, 6.45) is 2.47. The summed E-state index contributed by atoms with van der Waals surface area (Å²) in [6.45, 7) is 3.67. The lowest BCUT2D eigenvalue weighted by molar-refractivity contribution is 0.322. The van der Waals surface area contributed by atoms with Crippen LogP contribution in [0, 0.1) is 5.82 Å². The zero-order valence-corrected chi connectivity index (χ0v) is 10.2. The highest BCUT2D eigenvalue weighted by molar-refractivity contribution is 5.75. The van der Waals surface area contributed by atoms with E-state index in [1.54, 1.807) is 16.7 Å². The van der Waals surface area contributed by atoms with Gasteiger partial charge in [-0.1, -0.05) is 6.07 Å². The fourth-order valence-electron chi connectivity index (χ4n) is 2.61. The van der Waals surface area contributed by atoms with Crippen molar-refractivity contribution >= 4 is 11.0 Å². The molecule has 0 unspecified atom stereocenters. The number of rotatable bonds is 3. The number of para-hydroxylation sites is 1. The lowest BCUT2D eigenvalue weighted by atomic mass is 10.3. The number of imidazole rings is 1. The van der Waals surface area contributed by atoms with E-state index in [1.807, 2.05) is 0 Å². The van der Waals surface area contributed by atoms with Crippen molar-refractivity contribution < 1.29 is 4.39 Å². The second kappa shape index (κ2) is 4.57. The Hall–Kier alpha value is -1.62. The van der Waals surface area contributed by atoms with Crippen LogP contribution < -0.4 is 5.69 Å². The Morgan fingerprint density at radius 3 is 2.78 bits per heavy atom. The lowest BCUT2D eigenvalue weighted by Gasteiger charge is -2.14. The van der Waals surface area contributed by atoms with Crippen LogP contribution >= 0.6 is 0 Å². The smallest absolute Gasteiger partial charge is 0.303 e. The number of H-pyrrole nitrogens is 1. The molecule has 2 aromatic rings. The van der Waals surface area contributed by atoms with Gasteiger partial charge in [-0.25, -0.2) is 9.18 Å². The van der Waals surface area contributed by atoms with E-state index in [2.05, 4.69) is 9.88 Å². The van der Waals surface area contributed by atoms with E-state index in [-0.39, 0.29) is 11.5 Å². The minimum Gasteiger partial charge on any atom is -0.303 e. The number of hydrogen-bond donors (Lipinski definition) is 1. The summed E-state index contributed by atoms with van der Waals surface area (Å²) in [5.41, 5.74) is 0.734. The van der Waals surface area contributed by atoms with Crippen molar-refractivity contribution in [2.24, 2.45) is 0 Å². The summed E-state index contributed by atoms with van der Waals surface area (Å²) in [6, 6.07) is 4.78. The van der Waals surface area contributed by atoms with E-state index < -0.39 is 0 Å². The zero-order valence-electron chi connectivity index (χ0n) is 10.2. The molecular weight excluding hydrogens is 233 g/mol. The molecule has 96 valence electrons. The molecule has 0 bridgehead atoms. The van der Waals surface area contributed by atoms with E-state index in [4.69, 9.17) is 0 Å². The van der Waals surface area contributed by atoms with Crippen LogP contribution in [0.15, 0.2) is 23.0 Å². The second-order valence-electron chi connectivity index (χ2n) is 4.76. The molecule has 2 heterocycles. The zero-order chi connectivity index (χ0) is 12.5. The maximum atomic E-state index is 13.5. The van der Waals surface area contributed by atoms with E-state index in [9.17, 15) is 9.18 Å². The van der Waals surface area contributed by atoms with Crippen LogP contribution in [0.5, 0.6) is 0 Å². The van der Waals surface area contributed by atoms with Gasteiger partial charge in [0.05, 0.1) is 5.52 Å². The highest BCUT2D eigenvalue weighted by Gasteiger charge is 2.14. The maximum absolute atomic E-state index is 13.5. The molecule has 5 heteroatoms. The summed E-state index contributed by atoms with van der Waals surface area (Å²) in [5, 5.41) is 0. The standard InChI is InChI=1S/C13H16FN3O/c14-10-4-3-5-11-12(10)15-13(18)17(11)9-8-16-6-1-2-7-16/h3-5H,1-2,6-9H2,(H,15,18). The minimum atomic E-state index is -0.371. The van der Waals surface area contributed by atoms with Crippen LogP contribution in [-0.2, 0) is 6.54 Å². The van der Waals surface area contributed by atoms with Crippen molar-refractivity contribution in [3.8, 4) is 0 Å². The monoisotopic (exact) mass is 249 g/mol.